The van der Waals surface area contributed by atoms with Gasteiger partial charge in [0, 0.05) is 44.4 Å². The Kier molecular flexibility index (Phi) is 8.48. The molecule has 3 heterocycles. The highest BCUT2D eigenvalue weighted by Gasteiger charge is 2.37. The van der Waals surface area contributed by atoms with Gasteiger partial charge in [-0.3, -0.25) is 4.57 Å². The van der Waals surface area contributed by atoms with Gasteiger partial charge in [0.05, 0.1) is 11.0 Å². The van der Waals surface area contributed by atoms with Crippen molar-refractivity contribution in [3.8, 4) is 51.5 Å². The highest BCUT2D eigenvalue weighted by molar-refractivity contribution is 6.09. The van der Waals surface area contributed by atoms with Gasteiger partial charge in [-0.2, -0.15) is 9.97 Å². The molecule has 0 spiro atoms. The van der Waals surface area contributed by atoms with Gasteiger partial charge in [0.15, 0.2) is 23.3 Å². The summed E-state index contributed by atoms with van der Waals surface area (Å²) in [5.41, 5.74) is 10.4. The summed E-state index contributed by atoms with van der Waals surface area (Å²) in [6.45, 7) is 4.68. The molecule has 286 valence electrons. The van der Waals surface area contributed by atoms with Crippen LogP contribution < -0.4 is 0 Å². The zero-order chi connectivity index (χ0) is 40.2. The zero-order valence-electron chi connectivity index (χ0n) is 33.2. The second-order valence-corrected chi connectivity index (χ2v) is 15.9. The largest absolute Gasteiger partial charge is 0.278 e. The molecule has 7 nitrogen and oxygen atoms in total. The molecule has 0 N–H and O–H groups in total. The minimum atomic E-state index is -0.378. The van der Waals surface area contributed by atoms with Crippen LogP contribution >= 0.6 is 0 Å². The Bertz CT molecular complexity index is 3080. The Hall–Kier alpha value is -7.64. The van der Waals surface area contributed by atoms with Crippen molar-refractivity contribution in [1.29, 1.82) is 0 Å². The SMILES string of the molecule is CC1(C)c2cc3c(cc2CC(c2nc(-c4ccccc4)nc(-c4ccccc4)n2)c2ccccc21)c1ccccc1n3-c1nc(-c2ccccc2)nc(-c2ccccc2)n1. The van der Waals surface area contributed by atoms with Gasteiger partial charge in [-0.15, -0.1) is 0 Å². The van der Waals surface area contributed by atoms with Gasteiger partial charge < -0.3 is 0 Å². The van der Waals surface area contributed by atoms with Crippen molar-refractivity contribution in [3.05, 3.63) is 210 Å². The second kappa shape index (κ2) is 14.3. The molecule has 0 saturated heterocycles. The van der Waals surface area contributed by atoms with Crippen LogP contribution in [-0.4, -0.2) is 34.5 Å². The third-order valence-electron chi connectivity index (χ3n) is 11.9. The summed E-state index contributed by atoms with van der Waals surface area (Å²) >= 11 is 0. The highest BCUT2D eigenvalue weighted by atomic mass is 15.2. The minimum Gasteiger partial charge on any atom is -0.278 e. The summed E-state index contributed by atoms with van der Waals surface area (Å²) in [5, 5.41) is 2.27. The van der Waals surface area contributed by atoms with Crippen LogP contribution in [0, 0.1) is 0 Å². The molecule has 0 radical (unpaired) electrons. The van der Waals surface area contributed by atoms with Gasteiger partial charge >= 0.3 is 0 Å². The van der Waals surface area contributed by atoms with Crippen LogP contribution in [0.3, 0.4) is 0 Å². The molecule has 10 aromatic rings. The predicted octanol–water partition coefficient (Wildman–Crippen LogP) is 11.8. The van der Waals surface area contributed by atoms with E-state index in [4.69, 9.17) is 29.9 Å². The molecule has 1 atom stereocenters. The molecule has 7 aromatic carbocycles. The molecule has 1 aliphatic rings. The van der Waals surface area contributed by atoms with Crippen molar-refractivity contribution in [2.24, 2.45) is 0 Å². The van der Waals surface area contributed by atoms with Crippen molar-refractivity contribution in [3.63, 3.8) is 0 Å². The molecule has 1 aliphatic carbocycles. The number of hydrogen-bond acceptors (Lipinski definition) is 6. The molecule has 3 aromatic heterocycles. The van der Waals surface area contributed by atoms with E-state index in [9.17, 15) is 0 Å². The van der Waals surface area contributed by atoms with E-state index >= 15 is 0 Å². The number of para-hydroxylation sites is 1. The van der Waals surface area contributed by atoms with E-state index in [-0.39, 0.29) is 11.3 Å². The van der Waals surface area contributed by atoms with Gasteiger partial charge in [-0.25, -0.2) is 19.9 Å². The summed E-state index contributed by atoms with van der Waals surface area (Å²) in [7, 11) is 0. The number of nitrogens with zero attached hydrogens (tertiary/aromatic N) is 7. The molecular weight excluding hydrogens is 735 g/mol. The van der Waals surface area contributed by atoms with Gasteiger partial charge in [-0.05, 0) is 46.9 Å². The standard InChI is InChI=1S/C53H39N7/c1-53(2)43-29-17-15-27-39(43)42(51-56-47(34-19-7-3-8-20-34)54-48(57-51)35-21-9-4-10-22-35)32-38-31-41-40-28-16-18-30-45(40)60(46(41)33-44(38)53)52-58-49(36-23-11-5-12-24-36)55-50(59-52)37-25-13-6-14-26-37/h3-31,33,42H,32H2,1-2H3. The Morgan fingerprint density at radius 1 is 0.433 bits per heavy atom. The summed E-state index contributed by atoms with van der Waals surface area (Å²) in [5.74, 6) is 3.78. The average Bonchev–Trinajstić information content (AvgIpc) is 3.60. The first-order valence-electron chi connectivity index (χ1n) is 20.4. The summed E-state index contributed by atoms with van der Waals surface area (Å²) in [6.07, 6.45) is 0.708. The molecular formula is C53H39N7. The number of rotatable bonds is 6. The van der Waals surface area contributed by atoms with Gasteiger partial charge in [0.25, 0.3) is 0 Å². The lowest BCUT2D eigenvalue weighted by Crippen LogP contribution is -2.21. The fourth-order valence-corrected chi connectivity index (χ4v) is 8.98. The van der Waals surface area contributed by atoms with Crippen LogP contribution in [0.4, 0.5) is 0 Å². The van der Waals surface area contributed by atoms with Gasteiger partial charge in [-0.1, -0.05) is 178 Å². The Morgan fingerprint density at radius 3 is 1.45 bits per heavy atom. The fourth-order valence-electron chi connectivity index (χ4n) is 8.98. The van der Waals surface area contributed by atoms with E-state index in [0.717, 1.165) is 49.9 Å². The van der Waals surface area contributed by atoms with E-state index < -0.39 is 0 Å². The number of hydrogen-bond donors (Lipinski definition) is 0. The Labute approximate surface area is 348 Å². The quantitative estimate of drug-likeness (QED) is 0.167. The van der Waals surface area contributed by atoms with E-state index in [2.05, 4.69) is 103 Å². The monoisotopic (exact) mass is 773 g/mol. The number of aromatic nitrogens is 7. The Morgan fingerprint density at radius 2 is 0.900 bits per heavy atom. The zero-order valence-corrected chi connectivity index (χ0v) is 33.2. The first kappa shape index (κ1) is 35.5. The topological polar surface area (TPSA) is 82.3 Å². The molecule has 0 aliphatic heterocycles. The summed E-state index contributed by atoms with van der Waals surface area (Å²) < 4.78 is 2.22. The van der Waals surface area contributed by atoms with E-state index in [0.29, 0.717) is 35.7 Å². The summed E-state index contributed by atoms with van der Waals surface area (Å²) in [4.78, 5) is 31.0. The van der Waals surface area contributed by atoms with Crippen molar-refractivity contribution in [2.45, 2.75) is 31.6 Å². The van der Waals surface area contributed by atoms with Gasteiger partial charge in [0.2, 0.25) is 5.95 Å². The number of benzene rings is 7. The normalized spacial score (nSPS) is 14.4. The number of fused-ring (bicyclic) bond motifs is 5. The first-order chi connectivity index (χ1) is 29.5. The van der Waals surface area contributed by atoms with Crippen LogP contribution in [0.25, 0.3) is 73.3 Å². The third-order valence-corrected chi connectivity index (χ3v) is 11.9. The lowest BCUT2D eigenvalue weighted by Gasteiger charge is -2.29. The lowest BCUT2D eigenvalue weighted by molar-refractivity contribution is 0.635. The van der Waals surface area contributed by atoms with Gasteiger partial charge in [0.1, 0.15) is 5.82 Å². The molecule has 11 rings (SSSR count). The molecule has 0 bridgehead atoms. The van der Waals surface area contributed by atoms with E-state index in [1.165, 1.54) is 22.3 Å². The second-order valence-electron chi connectivity index (χ2n) is 15.9. The maximum Gasteiger partial charge on any atom is 0.238 e. The highest BCUT2D eigenvalue weighted by Crippen LogP contribution is 2.47. The third kappa shape index (κ3) is 6.05. The molecule has 0 amide bonds. The average molecular weight is 774 g/mol. The van der Waals surface area contributed by atoms with Crippen LogP contribution in [0.5, 0.6) is 0 Å². The molecule has 60 heavy (non-hydrogen) atoms. The maximum atomic E-state index is 5.29. The lowest BCUT2D eigenvalue weighted by atomic mass is 9.75. The summed E-state index contributed by atoms with van der Waals surface area (Å²) in [6, 6.07) is 62.9. The van der Waals surface area contributed by atoms with Crippen molar-refractivity contribution in [2.75, 3.05) is 0 Å². The fraction of sp³-hybridized carbons (Fsp3) is 0.0943. The van der Waals surface area contributed by atoms with E-state index in [1.807, 2.05) is 97.1 Å². The van der Waals surface area contributed by atoms with Crippen molar-refractivity contribution in [1.82, 2.24) is 34.5 Å². The first-order valence-corrected chi connectivity index (χ1v) is 20.4. The molecule has 7 heteroatoms. The van der Waals surface area contributed by atoms with Crippen molar-refractivity contribution < 1.29 is 0 Å². The van der Waals surface area contributed by atoms with Crippen molar-refractivity contribution >= 4 is 21.8 Å². The van der Waals surface area contributed by atoms with Crippen LogP contribution in [-0.2, 0) is 11.8 Å². The minimum absolute atomic E-state index is 0.133. The van der Waals surface area contributed by atoms with Crippen LogP contribution in [0.1, 0.15) is 47.8 Å². The van der Waals surface area contributed by atoms with Crippen LogP contribution in [0.15, 0.2) is 182 Å². The molecule has 1 unspecified atom stereocenters. The maximum absolute atomic E-state index is 5.29. The molecule has 0 fully saturated rings. The predicted molar refractivity (Wildman–Crippen MR) is 240 cm³/mol. The van der Waals surface area contributed by atoms with Crippen LogP contribution in [0.2, 0.25) is 0 Å². The Balaban J connectivity index is 1.15. The smallest absolute Gasteiger partial charge is 0.238 e. The van der Waals surface area contributed by atoms with E-state index in [1.54, 1.807) is 0 Å². The molecule has 0 saturated carbocycles.